The average molecular weight is 231 g/mol. The number of carboxylic acid groups (broad SMARTS) is 1. The molecule has 90 valence electrons. The van der Waals surface area contributed by atoms with Crippen LogP contribution in [-0.2, 0) is 4.79 Å². The fourth-order valence-electron chi connectivity index (χ4n) is 2.21. The Labute approximate surface area is 101 Å². The summed E-state index contributed by atoms with van der Waals surface area (Å²) < 4.78 is 0. The van der Waals surface area contributed by atoms with Crippen molar-refractivity contribution in [3.05, 3.63) is 35.9 Å². The third kappa shape index (κ3) is 3.09. The molecule has 0 atom stereocenters. The van der Waals surface area contributed by atoms with Crippen molar-refractivity contribution in [2.75, 3.05) is 18.0 Å². The second kappa shape index (κ2) is 5.53. The highest BCUT2D eigenvalue weighted by Gasteiger charge is 2.12. The van der Waals surface area contributed by atoms with Gasteiger partial charge in [0.25, 0.3) is 0 Å². The van der Waals surface area contributed by atoms with Gasteiger partial charge in [-0.2, -0.15) is 0 Å². The third-order valence-electron chi connectivity index (χ3n) is 3.04. The molecule has 17 heavy (non-hydrogen) atoms. The Hall–Kier alpha value is -1.77. The van der Waals surface area contributed by atoms with Crippen LogP contribution in [0.2, 0.25) is 0 Å². The van der Waals surface area contributed by atoms with Gasteiger partial charge in [0.2, 0.25) is 0 Å². The van der Waals surface area contributed by atoms with Gasteiger partial charge in [0.15, 0.2) is 0 Å². The molecule has 1 N–H and O–H groups in total. The molecule has 1 aliphatic heterocycles. The van der Waals surface area contributed by atoms with E-state index >= 15 is 0 Å². The van der Waals surface area contributed by atoms with Crippen molar-refractivity contribution in [2.45, 2.75) is 19.3 Å². The molecule has 3 nitrogen and oxygen atoms in total. The van der Waals surface area contributed by atoms with Crippen LogP contribution >= 0.6 is 0 Å². The van der Waals surface area contributed by atoms with E-state index in [0.717, 1.165) is 24.3 Å². The maximum absolute atomic E-state index is 10.6. The lowest BCUT2D eigenvalue weighted by Crippen LogP contribution is -2.29. The average Bonchev–Trinajstić information content (AvgIpc) is 2.38. The van der Waals surface area contributed by atoms with Crippen molar-refractivity contribution < 1.29 is 9.90 Å². The predicted molar refractivity (Wildman–Crippen MR) is 69.2 cm³/mol. The van der Waals surface area contributed by atoms with Gasteiger partial charge in [-0.25, -0.2) is 4.79 Å². The van der Waals surface area contributed by atoms with E-state index in [9.17, 15) is 4.79 Å². The number of hydrogen-bond donors (Lipinski definition) is 1. The summed E-state index contributed by atoms with van der Waals surface area (Å²) in [5, 5.41) is 8.68. The van der Waals surface area contributed by atoms with Crippen molar-refractivity contribution in [1.82, 2.24) is 0 Å². The van der Waals surface area contributed by atoms with Gasteiger partial charge in [-0.1, -0.05) is 18.2 Å². The normalized spacial score (nSPS) is 16.4. The number of nitrogens with zero attached hydrogens (tertiary/aromatic N) is 1. The SMILES string of the molecule is O=C(O)C=Cc1ccccc1N1CCCCC1. The third-order valence-corrected chi connectivity index (χ3v) is 3.04. The van der Waals surface area contributed by atoms with E-state index in [4.69, 9.17) is 5.11 Å². The summed E-state index contributed by atoms with van der Waals surface area (Å²) in [5.74, 6) is -0.904. The highest BCUT2D eigenvalue weighted by atomic mass is 16.4. The lowest BCUT2D eigenvalue weighted by molar-refractivity contribution is -0.131. The van der Waals surface area contributed by atoms with E-state index in [1.165, 1.54) is 25.3 Å². The Morgan fingerprint density at radius 1 is 1.18 bits per heavy atom. The monoisotopic (exact) mass is 231 g/mol. The Morgan fingerprint density at radius 3 is 2.59 bits per heavy atom. The van der Waals surface area contributed by atoms with Gasteiger partial charge < -0.3 is 10.0 Å². The van der Waals surface area contributed by atoms with Crippen LogP contribution in [0.1, 0.15) is 24.8 Å². The molecule has 0 saturated carbocycles. The van der Waals surface area contributed by atoms with E-state index in [1.807, 2.05) is 18.2 Å². The molecule has 1 heterocycles. The van der Waals surface area contributed by atoms with Crippen LogP contribution < -0.4 is 4.90 Å². The van der Waals surface area contributed by atoms with Crippen molar-refractivity contribution >= 4 is 17.7 Å². The van der Waals surface area contributed by atoms with Crippen LogP contribution in [-0.4, -0.2) is 24.2 Å². The molecule has 0 bridgehead atoms. The largest absolute Gasteiger partial charge is 0.478 e. The quantitative estimate of drug-likeness (QED) is 0.813. The zero-order valence-corrected chi connectivity index (χ0v) is 9.80. The van der Waals surface area contributed by atoms with Crippen LogP contribution in [0.5, 0.6) is 0 Å². The van der Waals surface area contributed by atoms with Gasteiger partial charge >= 0.3 is 5.97 Å². The molecule has 0 aromatic heterocycles. The van der Waals surface area contributed by atoms with Crippen LogP contribution in [0.4, 0.5) is 5.69 Å². The van der Waals surface area contributed by atoms with E-state index in [1.54, 1.807) is 6.08 Å². The number of piperidine rings is 1. The molecule has 1 fully saturated rings. The van der Waals surface area contributed by atoms with Gasteiger partial charge in [0, 0.05) is 24.9 Å². The number of rotatable bonds is 3. The van der Waals surface area contributed by atoms with Crippen molar-refractivity contribution in [3.63, 3.8) is 0 Å². The fourth-order valence-corrected chi connectivity index (χ4v) is 2.21. The molecular weight excluding hydrogens is 214 g/mol. The molecule has 1 aromatic carbocycles. The second-order valence-electron chi connectivity index (χ2n) is 4.28. The zero-order valence-electron chi connectivity index (χ0n) is 9.80. The summed E-state index contributed by atoms with van der Waals surface area (Å²) in [5.41, 5.74) is 2.13. The van der Waals surface area contributed by atoms with Crippen LogP contribution in [0.3, 0.4) is 0 Å². The Bertz CT molecular complexity index is 420. The van der Waals surface area contributed by atoms with E-state index in [2.05, 4.69) is 11.0 Å². The van der Waals surface area contributed by atoms with Gasteiger partial charge in [-0.05, 0) is 37.0 Å². The number of hydrogen-bond acceptors (Lipinski definition) is 2. The summed E-state index contributed by atoms with van der Waals surface area (Å²) >= 11 is 0. The number of anilines is 1. The number of aliphatic carboxylic acids is 1. The van der Waals surface area contributed by atoms with Gasteiger partial charge in [-0.15, -0.1) is 0 Å². The Morgan fingerprint density at radius 2 is 1.88 bits per heavy atom. The summed E-state index contributed by atoms with van der Waals surface area (Å²) in [6.07, 6.45) is 6.60. The zero-order chi connectivity index (χ0) is 12.1. The van der Waals surface area contributed by atoms with Gasteiger partial charge in [0.05, 0.1) is 0 Å². The first-order valence-electron chi connectivity index (χ1n) is 6.02. The van der Waals surface area contributed by atoms with Gasteiger partial charge in [0.1, 0.15) is 0 Å². The lowest BCUT2D eigenvalue weighted by atomic mass is 10.1. The minimum atomic E-state index is -0.904. The molecular formula is C14H17NO2. The highest BCUT2D eigenvalue weighted by molar-refractivity contribution is 5.87. The molecule has 1 aliphatic rings. The summed E-state index contributed by atoms with van der Waals surface area (Å²) in [7, 11) is 0. The maximum atomic E-state index is 10.6. The molecule has 2 rings (SSSR count). The number of para-hydroxylation sites is 1. The van der Waals surface area contributed by atoms with E-state index in [-0.39, 0.29) is 0 Å². The molecule has 3 heteroatoms. The minimum Gasteiger partial charge on any atom is -0.478 e. The second-order valence-corrected chi connectivity index (χ2v) is 4.28. The van der Waals surface area contributed by atoms with E-state index < -0.39 is 5.97 Å². The number of carbonyl (C=O) groups is 1. The van der Waals surface area contributed by atoms with Gasteiger partial charge in [-0.3, -0.25) is 0 Å². The Balaban J connectivity index is 2.23. The summed E-state index contributed by atoms with van der Waals surface area (Å²) in [6, 6.07) is 7.97. The van der Waals surface area contributed by atoms with Crippen LogP contribution in [0, 0.1) is 0 Å². The molecule has 1 aromatic rings. The Kier molecular flexibility index (Phi) is 3.81. The first-order valence-corrected chi connectivity index (χ1v) is 6.02. The van der Waals surface area contributed by atoms with Crippen LogP contribution in [0.15, 0.2) is 30.3 Å². The standard InChI is InChI=1S/C14H17NO2/c16-14(17)9-8-12-6-2-3-7-13(12)15-10-4-1-5-11-15/h2-3,6-9H,1,4-5,10-11H2,(H,16,17). The maximum Gasteiger partial charge on any atom is 0.328 e. The fraction of sp³-hybridized carbons (Fsp3) is 0.357. The number of carboxylic acids is 1. The van der Waals surface area contributed by atoms with Crippen molar-refractivity contribution in [3.8, 4) is 0 Å². The molecule has 0 aliphatic carbocycles. The molecule has 0 radical (unpaired) electrons. The van der Waals surface area contributed by atoms with Crippen molar-refractivity contribution in [1.29, 1.82) is 0 Å². The molecule has 0 spiro atoms. The first kappa shape index (κ1) is 11.7. The molecule has 0 amide bonds. The predicted octanol–water partition coefficient (Wildman–Crippen LogP) is 2.77. The minimum absolute atomic E-state index is 0.904. The lowest BCUT2D eigenvalue weighted by Gasteiger charge is -2.30. The topological polar surface area (TPSA) is 40.5 Å². The van der Waals surface area contributed by atoms with E-state index in [0.29, 0.717) is 0 Å². The summed E-state index contributed by atoms with van der Waals surface area (Å²) in [6.45, 7) is 2.13. The molecule has 0 unspecified atom stereocenters. The first-order chi connectivity index (χ1) is 8.27. The smallest absolute Gasteiger partial charge is 0.328 e. The molecule has 1 saturated heterocycles. The summed E-state index contributed by atoms with van der Waals surface area (Å²) in [4.78, 5) is 12.9. The highest BCUT2D eigenvalue weighted by Crippen LogP contribution is 2.24. The number of benzene rings is 1. The van der Waals surface area contributed by atoms with Crippen molar-refractivity contribution in [2.24, 2.45) is 0 Å². The van der Waals surface area contributed by atoms with Crippen LogP contribution in [0.25, 0.3) is 6.08 Å².